The highest BCUT2D eigenvalue weighted by molar-refractivity contribution is 9.10. The normalized spacial score (nSPS) is 18.6. The molecule has 0 spiro atoms. The van der Waals surface area contributed by atoms with E-state index < -0.39 is 0 Å². The Kier molecular flexibility index (Phi) is 5.91. The molecule has 20 heavy (non-hydrogen) atoms. The van der Waals surface area contributed by atoms with E-state index in [2.05, 4.69) is 58.3 Å². The molecule has 1 aliphatic carbocycles. The highest BCUT2D eigenvalue weighted by atomic mass is 79.9. The summed E-state index contributed by atoms with van der Waals surface area (Å²) in [6, 6.07) is 7.73. The van der Waals surface area contributed by atoms with Crippen molar-refractivity contribution in [3.8, 4) is 0 Å². The lowest BCUT2D eigenvalue weighted by Crippen LogP contribution is -2.32. The molecule has 1 aromatic rings. The molecule has 1 saturated carbocycles. The molecule has 1 fully saturated rings. The van der Waals surface area contributed by atoms with Crippen molar-refractivity contribution in [2.75, 3.05) is 19.0 Å². The van der Waals surface area contributed by atoms with Gasteiger partial charge in [0.25, 0.3) is 0 Å². The fraction of sp³-hybridized carbons (Fsp3) is 0.647. The van der Waals surface area contributed by atoms with Gasteiger partial charge in [-0.2, -0.15) is 0 Å². The van der Waals surface area contributed by atoms with Gasteiger partial charge in [-0.1, -0.05) is 47.7 Å². The molecule has 0 radical (unpaired) electrons. The molecule has 2 nitrogen and oxygen atoms in total. The maximum Gasteiger partial charge on any atom is 0.0425 e. The van der Waals surface area contributed by atoms with Crippen molar-refractivity contribution in [2.24, 2.45) is 0 Å². The molecule has 0 bridgehead atoms. The molecule has 0 aliphatic heterocycles. The second-order valence-corrected chi connectivity index (χ2v) is 6.89. The number of nitrogens with zero attached hydrogens (tertiary/aromatic N) is 1. The molecule has 0 amide bonds. The number of halogens is 1. The van der Waals surface area contributed by atoms with Crippen LogP contribution in [0.4, 0.5) is 5.69 Å². The zero-order chi connectivity index (χ0) is 14.5. The summed E-state index contributed by atoms with van der Waals surface area (Å²) in [6.07, 6.45) is 8.22. The van der Waals surface area contributed by atoms with E-state index in [1.54, 1.807) is 0 Å². The van der Waals surface area contributed by atoms with E-state index in [0.29, 0.717) is 12.1 Å². The average Bonchev–Trinajstić information content (AvgIpc) is 2.74. The van der Waals surface area contributed by atoms with Crippen LogP contribution in [-0.4, -0.2) is 20.1 Å². The van der Waals surface area contributed by atoms with E-state index >= 15 is 0 Å². The van der Waals surface area contributed by atoms with Crippen molar-refractivity contribution in [2.45, 2.75) is 57.5 Å². The van der Waals surface area contributed by atoms with E-state index in [0.717, 1.165) is 0 Å². The molecule has 2 rings (SSSR count). The molecule has 1 N–H and O–H groups in total. The third-order valence-electron chi connectivity index (χ3n) is 4.64. The predicted molar refractivity (Wildman–Crippen MR) is 91.5 cm³/mol. The van der Waals surface area contributed by atoms with Crippen molar-refractivity contribution < 1.29 is 0 Å². The SMILES string of the molecule is CNC(C)c1ccc(Br)cc1N(C)C1CCCCCC1. The number of hydrogen-bond acceptors (Lipinski definition) is 2. The number of anilines is 1. The van der Waals surface area contributed by atoms with Gasteiger partial charge in [0.15, 0.2) is 0 Å². The number of benzene rings is 1. The summed E-state index contributed by atoms with van der Waals surface area (Å²) >= 11 is 3.63. The van der Waals surface area contributed by atoms with Gasteiger partial charge in [0, 0.05) is 29.3 Å². The van der Waals surface area contributed by atoms with Crippen LogP contribution in [0, 0.1) is 0 Å². The zero-order valence-electron chi connectivity index (χ0n) is 13.0. The van der Waals surface area contributed by atoms with Crippen LogP contribution < -0.4 is 10.2 Å². The topological polar surface area (TPSA) is 15.3 Å². The molecule has 112 valence electrons. The van der Waals surface area contributed by atoms with Crippen LogP contribution in [0.1, 0.15) is 57.1 Å². The van der Waals surface area contributed by atoms with Crippen LogP contribution >= 0.6 is 15.9 Å². The second kappa shape index (κ2) is 7.46. The second-order valence-electron chi connectivity index (χ2n) is 5.97. The van der Waals surface area contributed by atoms with Crippen LogP contribution in [0.2, 0.25) is 0 Å². The minimum atomic E-state index is 0.381. The minimum absolute atomic E-state index is 0.381. The van der Waals surface area contributed by atoms with Gasteiger partial charge in [-0.3, -0.25) is 0 Å². The average molecular weight is 339 g/mol. The molecule has 3 heteroatoms. The fourth-order valence-corrected chi connectivity index (χ4v) is 3.53. The summed E-state index contributed by atoms with van der Waals surface area (Å²) in [6.45, 7) is 2.23. The maximum atomic E-state index is 3.63. The monoisotopic (exact) mass is 338 g/mol. The highest BCUT2D eigenvalue weighted by Crippen LogP contribution is 2.33. The lowest BCUT2D eigenvalue weighted by atomic mass is 10.0. The first-order chi connectivity index (χ1) is 9.63. The summed E-state index contributed by atoms with van der Waals surface area (Å²) < 4.78 is 1.17. The van der Waals surface area contributed by atoms with Crippen LogP contribution in [-0.2, 0) is 0 Å². The Bertz CT molecular complexity index is 425. The van der Waals surface area contributed by atoms with E-state index in [1.807, 2.05) is 7.05 Å². The minimum Gasteiger partial charge on any atom is -0.371 e. The maximum absolute atomic E-state index is 3.63. The quantitative estimate of drug-likeness (QED) is 0.786. The van der Waals surface area contributed by atoms with Crippen LogP contribution in [0.3, 0.4) is 0 Å². The first kappa shape index (κ1) is 15.8. The Hall–Kier alpha value is -0.540. The first-order valence-corrected chi connectivity index (χ1v) is 8.62. The lowest BCUT2D eigenvalue weighted by Gasteiger charge is -2.32. The van der Waals surface area contributed by atoms with Gasteiger partial charge in [-0.25, -0.2) is 0 Å². The molecule has 0 saturated heterocycles. The number of rotatable bonds is 4. The first-order valence-electron chi connectivity index (χ1n) is 7.83. The number of hydrogen-bond donors (Lipinski definition) is 1. The van der Waals surface area contributed by atoms with Crippen LogP contribution in [0.25, 0.3) is 0 Å². The predicted octanol–water partition coefficient (Wildman–Crippen LogP) is 4.89. The van der Waals surface area contributed by atoms with Crippen molar-refractivity contribution in [3.05, 3.63) is 28.2 Å². The molecule has 1 aliphatic rings. The standard InChI is InChI=1S/C17H27BrN2/c1-13(19-2)16-11-10-14(18)12-17(16)20(3)15-8-6-4-5-7-9-15/h10-13,15,19H,4-9H2,1-3H3. The van der Waals surface area contributed by atoms with Crippen molar-refractivity contribution in [1.82, 2.24) is 5.32 Å². The number of nitrogens with one attached hydrogen (secondary N) is 1. The van der Waals surface area contributed by atoms with Gasteiger partial charge < -0.3 is 10.2 Å². The van der Waals surface area contributed by atoms with E-state index in [4.69, 9.17) is 0 Å². The van der Waals surface area contributed by atoms with Gasteiger partial charge in [0.2, 0.25) is 0 Å². The van der Waals surface area contributed by atoms with Gasteiger partial charge in [0.05, 0.1) is 0 Å². The van der Waals surface area contributed by atoms with Gasteiger partial charge in [0.1, 0.15) is 0 Å². The Morgan fingerprint density at radius 2 is 1.85 bits per heavy atom. The van der Waals surface area contributed by atoms with Crippen molar-refractivity contribution in [1.29, 1.82) is 0 Å². The lowest BCUT2D eigenvalue weighted by molar-refractivity contribution is 0.548. The van der Waals surface area contributed by atoms with E-state index in [1.165, 1.54) is 54.2 Å². The smallest absolute Gasteiger partial charge is 0.0425 e. The van der Waals surface area contributed by atoms with Crippen LogP contribution in [0.5, 0.6) is 0 Å². The Morgan fingerprint density at radius 1 is 1.20 bits per heavy atom. The van der Waals surface area contributed by atoms with Crippen LogP contribution in [0.15, 0.2) is 22.7 Å². The third-order valence-corrected chi connectivity index (χ3v) is 5.14. The summed E-state index contributed by atoms with van der Waals surface area (Å²) in [4.78, 5) is 2.51. The molecule has 1 atom stereocenters. The Morgan fingerprint density at radius 3 is 2.45 bits per heavy atom. The van der Waals surface area contributed by atoms with Gasteiger partial charge >= 0.3 is 0 Å². The van der Waals surface area contributed by atoms with Gasteiger partial charge in [-0.15, -0.1) is 0 Å². The molecule has 1 unspecified atom stereocenters. The summed E-state index contributed by atoms with van der Waals surface area (Å²) in [7, 11) is 4.30. The molecular formula is C17H27BrN2. The van der Waals surface area contributed by atoms with E-state index in [9.17, 15) is 0 Å². The molecule has 0 heterocycles. The Balaban J connectivity index is 2.26. The largest absolute Gasteiger partial charge is 0.371 e. The van der Waals surface area contributed by atoms with E-state index in [-0.39, 0.29) is 0 Å². The summed E-state index contributed by atoms with van der Waals surface area (Å²) in [5.41, 5.74) is 2.76. The summed E-state index contributed by atoms with van der Waals surface area (Å²) in [5, 5.41) is 3.37. The Labute approximate surface area is 132 Å². The molecule has 1 aromatic carbocycles. The van der Waals surface area contributed by atoms with Crippen molar-refractivity contribution in [3.63, 3.8) is 0 Å². The summed E-state index contributed by atoms with van der Waals surface area (Å²) in [5.74, 6) is 0. The van der Waals surface area contributed by atoms with Gasteiger partial charge in [-0.05, 0) is 44.5 Å². The highest BCUT2D eigenvalue weighted by Gasteiger charge is 2.21. The van der Waals surface area contributed by atoms with Crippen molar-refractivity contribution >= 4 is 21.6 Å². The zero-order valence-corrected chi connectivity index (χ0v) is 14.5. The molecule has 0 aromatic heterocycles. The fourth-order valence-electron chi connectivity index (χ4n) is 3.19. The third kappa shape index (κ3) is 3.76. The molecular weight excluding hydrogens is 312 g/mol.